The predicted molar refractivity (Wildman–Crippen MR) is 79.1 cm³/mol. The zero-order valence-electron chi connectivity index (χ0n) is 13.5. The van der Waals surface area contributed by atoms with Crippen LogP contribution in [0, 0.1) is 11.8 Å². The highest BCUT2D eigenvalue weighted by Crippen LogP contribution is 2.32. The third-order valence-electron chi connectivity index (χ3n) is 3.21. The number of esters is 1. The highest BCUT2D eigenvalue weighted by Gasteiger charge is 2.38. The summed E-state index contributed by atoms with van der Waals surface area (Å²) in [5.74, 6) is -2.27. The number of rotatable bonds is 4. The van der Waals surface area contributed by atoms with Crippen molar-refractivity contribution in [2.24, 2.45) is 11.8 Å². The van der Waals surface area contributed by atoms with Crippen LogP contribution in [-0.4, -0.2) is 57.3 Å². The molecule has 1 fully saturated rings. The molecule has 0 aromatic rings. The van der Waals surface area contributed by atoms with Crippen LogP contribution in [-0.2, 0) is 14.3 Å². The van der Waals surface area contributed by atoms with E-state index in [1.54, 1.807) is 20.8 Å². The van der Waals surface area contributed by atoms with E-state index in [0.717, 1.165) is 12.8 Å². The second-order valence-electron chi connectivity index (χ2n) is 6.39. The zero-order valence-corrected chi connectivity index (χ0v) is 13.5. The molecule has 1 rings (SSSR count). The third-order valence-corrected chi connectivity index (χ3v) is 3.21. The third kappa shape index (κ3) is 8.31. The fourth-order valence-corrected chi connectivity index (χ4v) is 2.14. The summed E-state index contributed by atoms with van der Waals surface area (Å²) in [7, 11) is 0. The molecule has 4 N–H and O–H groups in total. The predicted octanol–water partition coefficient (Wildman–Crippen LogP) is 0.551. The minimum absolute atomic E-state index is 0.361. The molecule has 1 saturated carbocycles. The Hall–Kier alpha value is -1.18. The quantitative estimate of drug-likeness (QED) is 0.558. The van der Waals surface area contributed by atoms with Gasteiger partial charge >= 0.3 is 11.9 Å². The lowest BCUT2D eigenvalue weighted by Crippen LogP contribution is -2.37. The maximum absolute atomic E-state index is 11.8. The van der Waals surface area contributed by atoms with Crippen LogP contribution < -0.4 is 0 Å². The Morgan fingerprint density at radius 2 is 1.55 bits per heavy atom. The van der Waals surface area contributed by atoms with Gasteiger partial charge in [-0.1, -0.05) is 12.8 Å². The molecule has 0 heterocycles. The molecule has 0 amide bonds. The number of hydrogen-bond acceptors (Lipinski definition) is 6. The fraction of sp³-hybridized carbons (Fsp3) is 0.867. The van der Waals surface area contributed by atoms with Gasteiger partial charge < -0.3 is 25.2 Å². The Labute approximate surface area is 130 Å². The normalized spacial score (nSPS) is 21.8. The summed E-state index contributed by atoms with van der Waals surface area (Å²) in [6.45, 7) is 4.66. The summed E-state index contributed by atoms with van der Waals surface area (Å²) < 4.78 is 5.26. The summed E-state index contributed by atoms with van der Waals surface area (Å²) in [5.41, 5.74) is -0.544. The molecule has 0 bridgehead atoms. The van der Waals surface area contributed by atoms with Crippen LogP contribution in [0.1, 0.15) is 46.5 Å². The van der Waals surface area contributed by atoms with Gasteiger partial charge in [0.25, 0.3) is 0 Å². The number of carbonyl (C=O) groups excluding carboxylic acids is 1. The Morgan fingerprint density at radius 1 is 1.09 bits per heavy atom. The maximum atomic E-state index is 11.8. The van der Waals surface area contributed by atoms with E-state index in [0.29, 0.717) is 12.8 Å². The monoisotopic (exact) mass is 320 g/mol. The van der Waals surface area contributed by atoms with Crippen molar-refractivity contribution < 1.29 is 34.8 Å². The van der Waals surface area contributed by atoms with Crippen LogP contribution in [0.15, 0.2) is 0 Å². The molecular weight excluding hydrogens is 292 g/mol. The number of aliphatic hydroxyl groups is 3. The van der Waals surface area contributed by atoms with Crippen molar-refractivity contribution in [2.45, 2.75) is 58.2 Å². The summed E-state index contributed by atoms with van der Waals surface area (Å²) in [6, 6.07) is 0. The van der Waals surface area contributed by atoms with E-state index in [1.807, 2.05) is 0 Å². The van der Waals surface area contributed by atoms with Gasteiger partial charge in [0.05, 0.1) is 25.0 Å². The van der Waals surface area contributed by atoms with Crippen molar-refractivity contribution in [3.63, 3.8) is 0 Å². The Balaban J connectivity index is 0.000000626. The van der Waals surface area contributed by atoms with Crippen molar-refractivity contribution in [2.75, 3.05) is 13.2 Å². The van der Waals surface area contributed by atoms with Crippen LogP contribution in [0.2, 0.25) is 0 Å². The second kappa shape index (κ2) is 9.76. The SMILES string of the molecule is CC(C)(C)OC(=O)C1CCCCC1C(=O)O.OCC(O)CO. The van der Waals surface area contributed by atoms with Crippen LogP contribution in [0.4, 0.5) is 0 Å². The highest BCUT2D eigenvalue weighted by atomic mass is 16.6. The molecule has 7 nitrogen and oxygen atoms in total. The van der Waals surface area contributed by atoms with E-state index in [1.165, 1.54) is 0 Å². The molecule has 1 aliphatic carbocycles. The summed E-state index contributed by atoms with van der Waals surface area (Å²) in [6.07, 6.45) is 2.06. The largest absolute Gasteiger partial charge is 0.481 e. The molecule has 0 spiro atoms. The smallest absolute Gasteiger partial charge is 0.310 e. The van der Waals surface area contributed by atoms with Crippen molar-refractivity contribution in [3.05, 3.63) is 0 Å². The van der Waals surface area contributed by atoms with Crippen molar-refractivity contribution in [3.8, 4) is 0 Å². The number of carboxylic acid groups (broad SMARTS) is 1. The van der Waals surface area contributed by atoms with Gasteiger partial charge in [0.1, 0.15) is 11.7 Å². The molecule has 0 aliphatic heterocycles. The van der Waals surface area contributed by atoms with E-state index >= 15 is 0 Å². The van der Waals surface area contributed by atoms with Gasteiger partial charge in [-0.25, -0.2) is 0 Å². The van der Waals surface area contributed by atoms with E-state index in [4.69, 9.17) is 25.2 Å². The molecule has 22 heavy (non-hydrogen) atoms. The van der Waals surface area contributed by atoms with Gasteiger partial charge in [0.15, 0.2) is 0 Å². The molecule has 0 aromatic heterocycles. The molecule has 2 atom stereocenters. The Morgan fingerprint density at radius 3 is 1.86 bits per heavy atom. The summed E-state index contributed by atoms with van der Waals surface area (Å²) in [5, 5.41) is 33.1. The van der Waals surface area contributed by atoms with Gasteiger partial charge in [-0.15, -0.1) is 0 Å². The lowest BCUT2D eigenvalue weighted by atomic mass is 9.79. The highest BCUT2D eigenvalue weighted by molar-refractivity contribution is 5.81. The van der Waals surface area contributed by atoms with Crippen LogP contribution in [0.5, 0.6) is 0 Å². The average molecular weight is 320 g/mol. The molecule has 130 valence electrons. The topological polar surface area (TPSA) is 124 Å². The number of aliphatic carboxylic acids is 1. The van der Waals surface area contributed by atoms with Gasteiger partial charge in [-0.2, -0.15) is 0 Å². The van der Waals surface area contributed by atoms with E-state index < -0.39 is 29.5 Å². The van der Waals surface area contributed by atoms with Crippen molar-refractivity contribution in [1.82, 2.24) is 0 Å². The first-order valence-corrected chi connectivity index (χ1v) is 7.47. The molecule has 1 aliphatic rings. The first-order chi connectivity index (χ1) is 10.1. The van der Waals surface area contributed by atoms with Crippen LogP contribution >= 0.6 is 0 Å². The van der Waals surface area contributed by atoms with Gasteiger partial charge in [0, 0.05) is 0 Å². The van der Waals surface area contributed by atoms with E-state index in [-0.39, 0.29) is 19.2 Å². The molecule has 7 heteroatoms. The van der Waals surface area contributed by atoms with Crippen molar-refractivity contribution in [1.29, 1.82) is 0 Å². The van der Waals surface area contributed by atoms with Gasteiger partial charge in [-0.05, 0) is 33.6 Å². The lowest BCUT2D eigenvalue weighted by molar-refractivity contribution is -0.168. The van der Waals surface area contributed by atoms with Crippen molar-refractivity contribution >= 4 is 11.9 Å². The van der Waals surface area contributed by atoms with Crippen LogP contribution in [0.3, 0.4) is 0 Å². The molecule has 2 unspecified atom stereocenters. The number of carboxylic acids is 1. The minimum atomic E-state index is -0.954. The number of ether oxygens (including phenoxy) is 1. The van der Waals surface area contributed by atoms with Gasteiger partial charge in [-0.3, -0.25) is 9.59 Å². The number of carbonyl (C=O) groups is 2. The number of hydrogen-bond donors (Lipinski definition) is 4. The summed E-state index contributed by atoms with van der Waals surface area (Å²) in [4.78, 5) is 22.9. The standard InChI is InChI=1S/C12H20O4.C3H8O3/c1-12(2,3)16-11(15)9-7-5-4-6-8(9)10(13)14;4-1-3(6)2-5/h8-9H,4-7H2,1-3H3,(H,13,14);3-6H,1-2H2. The van der Waals surface area contributed by atoms with E-state index in [2.05, 4.69) is 0 Å². The van der Waals surface area contributed by atoms with Gasteiger partial charge in [0.2, 0.25) is 0 Å². The Kier molecular flexibility index (Phi) is 9.24. The number of aliphatic hydroxyl groups excluding tert-OH is 3. The average Bonchev–Trinajstić information content (AvgIpc) is 2.45. The molecular formula is C15H28O7. The molecule has 0 saturated heterocycles. The first kappa shape index (κ1) is 20.8. The Bertz CT molecular complexity index is 344. The minimum Gasteiger partial charge on any atom is -0.481 e. The summed E-state index contributed by atoms with van der Waals surface area (Å²) >= 11 is 0. The first-order valence-electron chi connectivity index (χ1n) is 7.47. The van der Waals surface area contributed by atoms with E-state index in [9.17, 15) is 9.59 Å². The van der Waals surface area contributed by atoms with Crippen LogP contribution in [0.25, 0.3) is 0 Å². The molecule has 0 radical (unpaired) electrons. The maximum Gasteiger partial charge on any atom is 0.310 e. The zero-order chi connectivity index (χ0) is 17.3. The second-order valence-corrected chi connectivity index (χ2v) is 6.39. The lowest BCUT2D eigenvalue weighted by Gasteiger charge is -2.30. The molecule has 0 aromatic carbocycles. The fourth-order valence-electron chi connectivity index (χ4n) is 2.14.